The molecule has 1 aromatic carbocycles. The third-order valence-corrected chi connectivity index (χ3v) is 4.45. The largest absolute Gasteiger partial charge is 0.372 e. The van der Waals surface area contributed by atoms with Gasteiger partial charge >= 0.3 is 5.69 Å². The van der Waals surface area contributed by atoms with E-state index in [1.807, 2.05) is 13.8 Å². The van der Waals surface area contributed by atoms with Crippen LogP contribution in [0.1, 0.15) is 13.8 Å². The van der Waals surface area contributed by atoms with Crippen molar-refractivity contribution in [3.8, 4) is 0 Å². The first kappa shape index (κ1) is 15.7. The Kier molecular flexibility index (Phi) is 3.94. The van der Waals surface area contributed by atoms with Crippen LogP contribution in [0.25, 0.3) is 0 Å². The molecule has 0 bridgehead atoms. The molecule has 1 aromatic rings. The molecule has 0 atom stereocenters. The lowest BCUT2D eigenvalue weighted by Gasteiger charge is -2.39. The van der Waals surface area contributed by atoms with Gasteiger partial charge < -0.3 is 9.64 Å². The predicted molar refractivity (Wildman–Crippen MR) is 78.5 cm³/mol. The number of nitro benzene ring substituents is 1. The maximum atomic E-state index is 11.8. The number of benzene rings is 1. The average Bonchev–Trinajstić information content (AvgIpc) is 2.35. The van der Waals surface area contributed by atoms with Crippen LogP contribution in [0.4, 0.5) is 11.4 Å². The number of anilines is 1. The first-order valence-electron chi connectivity index (χ1n) is 6.48. The number of morpholine rings is 1. The van der Waals surface area contributed by atoms with Gasteiger partial charge in [-0.2, -0.15) is 0 Å². The van der Waals surface area contributed by atoms with Gasteiger partial charge in [-0.15, -0.1) is 0 Å². The highest BCUT2D eigenvalue weighted by Gasteiger charge is 2.33. The fraction of sp³-hybridized carbons (Fsp3) is 0.538. The first-order valence-corrected chi connectivity index (χ1v) is 8.37. The Balaban J connectivity index is 2.57. The quantitative estimate of drug-likeness (QED) is 0.622. The number of sulfone groups is 1. The standard InChI is InChI=1S/C13H18N2O5S/c1-13(2)9-14(7-8-20-13)10-5-4-6-11(21(3,18)19)12(10)15(16)17/h4-6H,7-9H2,1-3H3. The van der Waals surface area contributed by atoms with Crippen molar-refractivity contribution < 1.29 is 18.1 Å². The van der Waals surface area contributed by atoms with Crippen molar-refractivity contribution in [2.45, 2.75) is 24.3 Å². The summed E-state index contributed by atoms with van der Waals surface area (Å²) in [6, 6.07) is 4.37. The number of hydrogen-bond donors (Lipinski definition) is 0. The molecule has 1 fully saturated rings. The van der Waals surface area contributed by atoms with Gasteiger partial charge in [-0.3, -0.25) is 10.1 Å². The highest BCUT2D eigenvalue weighted by atomic mass is 32.2. The molecule has 1 saturated heterocycles. The van der Waals surface area contributed by atoms with Gasteiger partial charge in [0.2, 0.25) is 0 Å². The Morgan fingerprint density at radius 2 is 2.05 bits per heavy atom. The topological polar surface area (TPSA) is 89.8 Å². The zero-order valence-electron chi connectivity index (χ0n) is 12.2. The second-order valence-corrected chi connectivity index (χ2v) is 7.67. The molecule has 1 heterocycles. The molecule has 1 aliphatic heterocycles. The van der Waals surface area contributed by atoms with Crippen LogP contribution in [-0.2, 0) is 14.6 Å². The molecule has 0 radical (unpaired) electrons. The lowest BCUT2D eigenvalue weighted by atomic mass is 10.1. The molecule has 1 aliphatic rings. The summed E-state index contributed by atoms with van der Waals surface area (Å²) in [7, 11) is -3.67. The molecular weight excluding hydrogens is 296 g/mol. The minimum atomic E-state index is -3.67. The van der Waals surface area contributed by atoms with Crippen molar-refractivity contribution in [2.24, 2.45) is 0 Å². The highest BCUT2D eigenvalue weighted by molar-refractivity contribution is 7.90. The van der Waals surface area contributed by atoms with E-state index in [4.69, 9.17) is 4.74 Å². The van der Waals surface area contributed by atoms with Gasteiger partial charge in [0.15, 0.2) is 9.84 Å². The van der Waals surface area contributed by atoms with E-state index in [2.05, 4.69) is 0 Å². The van der Waals surface area contributed by atoms with Gasteiger partial charge in [-0.25, -0.2) is 8.42 Å². The molecule has 7 nitrogen and oxygen atoms in total. The van der Waals surface area contributed by atoms with Crippen molar-refractivity contribution in [3.63, 3.8) is 0 Å². The summed E-state index contributed by atoms with van der Waals surface area (Å²) < 4.78 is 29.1. The minimum absolute atomic E-state index is 0.255. The number of nitro groups is 1. The van der Waals surface area contributed by atoms with E-state index in [0.717, 1.165) is 6.26 Å². The van der Waals surface area contributed by atoms with Crippen LogP contribution in [0.5, 0.6) is 0 Å². The number of ether oxygens (including phenoxy) is 1. The van der Waals surface area contributed by atoms with Crippen LogP contribution in [0.15, 0.2) is 23.1 Å². The number of para-hydroxylation sites is 1. The van der Waals surface area contributed by atoms with Crippen LogP contribution < -0.4 is 4.90 Å². The maximum Gasteiger partial charge on any atom is 0.311 e. The number of rotatable bonds is 3. The van der Waals surface area contributed by atoms with Crippen molar-refractivity contribution >= 4 is 21.2 Å². The van der Waals surface area contributed by atoms with E-state index >= 15 is 0 Å². The summed E-state index contributed by atoms with van der Waals surface area (Å²) in [5.74, 6) is 0. The summed E-state index contributed by atoms with van der Waals surface area (Å²) in [5, 5.41) is 11.4. The van der Waals surface area contributed by atoms with E-state index < -0.39 is 20.4 Å². The van der Waals surface area contributed by atoms with Crippen LogP contribution in [-0.4, -0.2) is 44.9 Å². The van der Waals surface area contributed by atoms with Gasteiger partial charge in [0.1, 0.15) is 10.6 Å². The molecule has 0 amide bonds. The Bertz CT molecular complexity index is 669. The number of nitrogens with zero attached hydrogens (tertiary/aromatic N) is 2. The lowest BCUT2D eigenvalue weighted by molar-refractivity contribution is -0.387. The zero-order valence-corrected chi connectivity index (χ0v) is 13.0. The maximum absolute atomic E-state index is 11.8. The van der Waals surface area contributed by atoms with Crippen LogP contribution in [0.3, 0.4) is 0 Å². The minimum Gasteiger partial charge on any atom is -0.372 e. The van der Waals surface area contributed by atoms with Crippen LogP contribution in [0, 0.1) is 10.1 Å². The molecular formula is C13H18N2O5S. The van der Waals surface area contributed by atoms with Crippen molar-refractivity contribution in [2.75, 3.05) is 30.9 Å². The highest BCUT2D eigenvalue weighted by Crippen LogP contribution is 2.36. The Hall–Kier alpha value is -1.67. The summed E-state index contributed by atoms with van der Waals surface area (Å²) in [6.07, 6.45) is 0.975. The predicted octanol–water partition coefficient (Wildman–Crippen LogP) is 1.61. The number of hydrogen-bond acceptors (Lipinski definition) is 6. The fourth-order valence-electron chi connectivity index (χ4n) is 2.47. The van der Waals surface area contributed by atoms with E-state index in [1.165, 1.54) is 12.1 Å². The molecule has 0 spiro atoms. The van der Waals surface area contributed by atoms with Crippen molar-refractivity contribution in [3.05, 3.63) is 28.3 Å². The van der Waals surface area contributed by atoms with Gasteiger partial charge in [-0.05, 0) is 26.0 Å². The second-order valence-electron chi connectivity index (χ2n) is 5.68. The van der Waals surface area contributed by atoms with Gasteiger partial charge in [0.05, 0.1) is 17.1 Å². The van der Waals surface area contributed by atoms with E-state index in [9.17, 15) is 18.5 Å². The molecule has 0 aromatic heterocycles. The molecule has 8 heteroatoms. The lowest BCUT2D eigenvalue weighted by Crippen LogP contribution is -2.48. The Morgan fingerprint density at radius 1 is 1.38 bits per heavy atom. The molecule has 0 saturated carbocycles. The zero-order chi connectivity index (χ0) is 15.8. The van der Waals surface area contributed by atoms with Gasteiger partial charge in [0.25, 0.3) is 0 Å². The fourth-order valence-corrected chi connectivity index (χ4v) is 3.33. The second kappa shape index (κ2) is 5.27. The summed E-state index contributed by atoms with van der Waals surface area (Å²) in [4.78, 5) is 12.3. The summed E-state index contributed by atoms with van der Waals surface area (Å²) in [6.45, 7) is 5.17. The average molecular weight is 314 g/mol. The summed E-state index contributed by atoms with van der Waals surface area (Å²) >= 11 is 0. The molecule has 0 aliphatic carbocycles. The monoisotopic (exact) mass is 314 g/mol. The normalized spacial score (nSPS) is 18.5. The van der Waals surface area contributed by atoms with Crippen LogP contribution in [0.2, 0.25) is 0 Å². The third-order valence-electron chi connectivity index (χ3n) is 3.33. The molecule has 0 N–H and O–H groups in total. The van der Waals surface area contributed by atoms with E-state index in [1.54, 1.807) is 11.0 Å². The molecule has 2 rings (SSSR count). The Labute approximate surface area is 123 Å². The molecule has 21 heavy (non-hydrogen) atoms. The smallest absolute Gasteiger partial charge is 0.311 e. The van der Waals surface area contributed by atoms with E-state index in [0.29, 0.717) is 25.4 Å². The molecule has 0 unspecified atom stereocenters. The van der Waals surface area contributed by atoms with Crippen molar-refractivity contribution in [1.82, 2.24) is 0 Å². The van der Waals surface area contributed by atoms with Crippen molar-refractivity contribution in [1.29, 1.82) is 0 Å². The summed E-state index contributed by atoms with van der Waals surface area (Å²) in [5.41, 5.74) is -0.482. The molecule has 116 valence electrons. The first-order chi connectivity index (χ1) is 9.62. The third kappa shape index (κ3) is 3.33. The van der Waals surface area contributed by atoms with Gasteiger partial charge in [0, 0.05) is 19.3 Å². The van der Waals surface area contributed by atoms with Crippen LogP contribution >= 0.6 is 0 Å². The van der Waals surface area contributed by atoms with E-state index in [-0.39, 0.29) is 10.6 Å². The van der Waals surface area contributed by atoms with Gasteiger partial charge in [-0.1, -0.05) is 6.07 Å². The Morgan fingerprint density at radius 3 is 2.57 bits per heavy atom. The SMILES string of the molecule is CC1(C)CN(c2cccc(S(C)(=O)=O)c2[N+](=O)[O-])CCO1.